The Labute approximate surface area is 191 Å². The number of alkyl halides is 3. The first-order chi connectivity index (χ1) is 15.6. The van der Waals surface area contributed by atoms with Gasteiger partial charge < -0.3 is 9.88 Å². The highest BCUT2D eigenvalue weighted by atomic mass is 32.2. The number of fused-ring (bicyclic) bond motifs is 1. The van der Waals surface area contributed by atoms with Crippen LogP contribution in [-0.2, 0) is 29.5 Å². The molecule has 33 heavy (non-hydrogen) atoms. The molecule has 0 radical (unpaired) electrons. The molecule has 0 amide bonds. The fraction of sp³-hybridized carbons (Fsp3) is 0.348. The van der Waals surface area contributed by atoms with E-state index in [2.05, 4.69) is 9.97 Å². The second-order valence-electron chi connectivity index (χ2n) is 8.17. The highest BCUT2D eigenvalue weighted by molar-refractivity contribution is 7.89. The summed E-state index contributed by atoms with van der Waals surface area (Å²) in [5.41, 5.74) is -2.26. The van der Waals surface area contributed by atoms with Gasteiger partial charge in [0.1, 0.15) is 5.82 Å². The average Bonchev–Trinajstić information content (AvgIpc) is 3.11. The maximum Gasteiger partial charge on any atom is 0.511 e. The number of H-pyrrole nitrogens is 1. The largest absolute Gasteiger partial charge is 0.511 e. The van der Waals surface area contributed by atoms with E-state index in [0.717, 1.165) is 22.8 Å². The minimum Gasteiger partial charge on any atom is -0.361 e. The maximum absolute atomic E-state index is 13.5. The lowest BCUT2D eigenvalue weighted by Gasteiger charge is -2.34. The standard InChI is InChI=1S/C23H25F3N4O2S/c1-17-27-13-20(28-17)15-30-21(12-11-18-7-3-2-4-8-18)16-29(33(31,32)23(24,25)26)14-19-9-5-6-10-22(19)30/h2-10,13,21H,11-12,14-16H2,1H3,(H,27,28)/t21-/m1/s1. The van der Waals surface area contributed by atoms with Crippen LogP contribution in [0.15, 0.2) is 60.8 Å². The number of rotatable bonds is 6. The van der Waals surface area contributed by atoms with E-state index in [0.29, 0.717) is 29.3 Å². The zero-order valence-electron chi connectivity index (χ0n) is 18.1. The van der Waals surface area contributed by atoms with Gasteiger partial charge in [0, 0.05) is 24.8 Å². The summed E-state index contributed by atoms with van der Waals surface area (Å²) < 4.78 is 65.9. The first kappa shape index (κ1) is 23.3. The van der Waals surface area contributed by atoms with Gasteiger partial charge in [-0.15, -0.1) is 0 Å². The monoisotopic (exact) mass is 478 g/mol. The molecule has 0 fully saturated rings. The van der Waals surface area contributed by atoms with E-state index < -0.39 is 21.6 Å². The molecule has 0 bridgehead atoms. The lowest BCUT2D eigenvalue weighted by Crippen LogP contribution is -2.47. The minimum absolute atomic E-state index is 0.267. The number of imidazole rings is 1. The molecule has 1 aromatic heterocycles. The Bertz CT molecular complexity index is 1200. The summed E-state index contributed by atoms with van der Waals surface area (Å²) in [7, 11) is -5.49. The second-order valence-corrected chi connectivity index (χ2v) is 10.1. The second kappa shape index (κ2) is 9.18. The van der Waals surface area contributed by atoms with Gasteiger partial charge in [-0.25, -0.2) is 13.4 Å². The average molecular weight is 479 g/mol. The van der Waals surface area contributed by atoms with Crippen molar-refractivity contribution < 1.29 is 21.6 Å². The van der Waals surface area contributed by atoms with Crippen molar-refractivity contribution in [1.29, 1.82) is 0 Å². The Hall–Kier alpha value is -2.85. The molecule has 0 aliphatic carbocycles. The molecule has 0 spiro atoms. The van der Waals surface area contributed by atoms with E-state index in [-0.39, 0.29) is 13.1 Å². The van der Waals surface area contributed by atoms with Crippen molar-refractivity contribution in [3.8, 4) is 0 Å². The van der Waals surface area contributed by atoms with Gasteiger partial charge in [-0.3, -0.25) is 0 Å². The van der Waals surface area contributed by atoms with Crippen LogP contribution in [0.1, 0.15) is 29.1 Å². The van der Waals surface area contributed by atoms with Gasteiger partial charge in [-0.2, -0.15) is 17.5 Å². The normalized spacial score (nSPS) is 17.6. The number of halogens is 3. The quantitative estimate of drug-likeness (QED) is 0.571. The van der Waals surface area contributed by atoms with Crippen LogP contribution in [0.3, 0.4) is 0 Å². The summed E-state index contributed by atoms with van der Waals surface area (Å²) in [6, 6.07) is 16.2. The summed E-state index contributed by atoms with van der Waals surface area (Å²) >= 11 is 0. The Morgan fingerprint density at radius 2 is 1.79 bits per heavy atom. The zero-order valence-corrected chi connectivity index (χ0v) is 18.9. The van der Waals surface area contributed by atoms with Crippen molar-refractivity contribution in [3.63, 3.8) is 0 Å². The Morgan fingerprint density at radius 1 is 1.09 bits per heavy atom. The number of anilines is 1. The molecule has 6 nitrogen and oxygen atoms in total. The summed E-state index contributed by atoms with van der Waals surface area (Å²) in [6.45, 7) is 1.59. The molecule has 1 aliphatic rings. The van der Waals surface area contributed by atoms with Crippen molar-refractivity contribution >= 4 is 15.7 Å². The van der Waals surface area contributed by atoms with Crippen molar-refractivity contribution in [2.45, 2.75) is 44.4 Å². The molecule has 2 heterocycles. The van der Waals surface area contributed by atoms with Crippen LogP contribution in [0.4, 0.5) is 18.9 Å². The Balaban J connectivity index is 1.74. The predicted molar refractivity (Wildman–Crippen MR) is 120 cm³/mol. The molecule has 0 saturated heterocycles. The van der Waals surface area contributed by atoms with E-state index in [4.69, 9.17) is 0 Å². The fourth-order valence-electron chi connectivity index (χ4n) is 4.21. The molecule has 0 saturated carbocycles. The molecular formula is C23H25F3N4O2S. The number of aromatic amines is 1. The SMILES string of the molecule is Cc1ncc(CN2c3ccccc3CN(S(=O)(=O)C(F)(F)F)C[C@H]2CCc2ccccc2)[nH]1. The predicted octanol–water partition coefficient (Wildman–Crippen LogP) is 4.39. The molecule has 1 N–H and O–H groups in total. The van der Waals surface area contributed by atoms with Gasteiger partial charge in [-0.1, -0.05) is 48.5 Å². The molecule has 4 rings (SSSR count). The summed E-state index contributed by atoms with van der Waals surface area (Å²) in [6.07, 6.45) is 2.78. The lowest BCUT2D eigenvalue weighted by atomic mass is 10.0. The molecule has 176 valence electrons. The van der Waals surface area contributed by atoms with Gasteiger partial charge in [-0.05, 0) is 37.0 Å². The first-order valence-corrected chi connectivity index (χ1v) is 12.0. The van der Waals surface area contributed by atoms with Crippen LogP contribution < -0.4 is 4.90 Å². The van der Waals surface area contributed by atoms with Crippen LogP contribution in [0.5, 0.6) is 0 Å². The van der Waals surface area contributed by atoms with E-state index in [1.807, 2.05) is 54.3 Å². The molecule has 2 aromatic carbocycles. The first-order valence-electron chi connectivity index (χ1n) is 10.6. The van der Waals surface area contributed by atoms with Gasteiger partial charge in [0.25, 0.3) is 0 Å². The number of benzene rings is 2. The van der Waals surface area contributed by atoms with E-state index in [9.17, 15) is 21.6 Å². The number of hydrogen-bond donors (Lipinski definition) is 1. The Morgan fingerprint density at radius 3 is 2.45 bits per heavy atom. The van der Waals surface area contributed by atoms with Crippen LogP contribution in [0.25, 0.3) is 0 Å². The number of nitrogens with zero attached hydrogens (tertiary/aromatic N) is 3. The minimum atomic E-state index is -5.49. The van der Waals surface area contributed by atoms with Gasteiger partial charge >= 0.3 is 15.5 Å². The van der Waals surface area contributed by atoms with Gasteiger partial charge in [0.15, 0.2) is 0 Å². The maximum atomic E-state index is 13.5. The van der Waals surface area contributed by atoms with Crippen molar-refractivity contribution in [2.75, 3.05) is 11.4 Å². The summed E-state index contributed by atoms with van der Waals surface area (Å²) in [4.78, 5) is 9.40. The van der Waals surface area contributed by atoms with E-state index in [1.54, 1.807) is 18.3 Å². The summed E-state index contributed by atoms with van der Waals surface area (Å²) in [5.74, 6) is 0.732. The number of sulfonamides is 1. The topological polar surface area (TPSA) is 69.3 Å². The number of aromatic nitrogens is 2. The molecule has 0 unspecified atom stereocenters. The lowest BCUT2D eigenvalue weighted by molar-refractivity contribution is -0.0492. The van der Waals surface area contributed by atoms with Crippen molar-refractivity contribution in [3.05, 3.63) is 83.4 Å². The van der Waals surface area contributed by atoms with Gasteiger partial charge in [0.05, 0.1) is 18.4 Å². The van der Waals surface area contributed by atoms with Crippen LogP contribution in [0, 0.1) is 6.92 Å². The number of nitrogens with one attached hydrogen (secondary N) is 1. The summed E-state index contributed by atoms with van der Waals surface area (Å²) in [5, 5.41) is 0. The smallest absolute Gasteiger partial charge is 0.361 e. The number of aryl methyl sites for hydroxylation is 2. The van der Waals surface area contributed by atoms with Crippen LogP contribution >= 0.6 is 0 Å². The third kappa shape index (κ3) is 5.06. The van der Waals surface area contributed by atoms with Crippen LogP contribution in [-0.4, -0.2) is 40.8 Å². The van der Waals surface area contributed by atoms with Crippen LogP contribution in [0.2, 0.25) is 0 Å². The number of para-hydroxylation sites is 1. The molecule has 3 aromatic rings. The molecule has 10 heteroatoms. The van der Waals surface area contributed by atoms with Crippen molar-refractivity contribution in [1.82, 2.24) is 14.3 Å². The zero-order chi connectivity index (χ0) is 23.6. The molecule has 1 aliphatic heterocycles. The van der Waals surface area contributed by atoms with Gasteiger partial charge in [0.2, 0.25) is 0 Å². The van der Waals surface area contributed by atoms with E-state index >= 15 is 0 Å². The highest BCUT2D eigenvalue weighted by Gasteiger charge is 2.51. The molecular weight excluding hydrogens is 453 g/mol. The van der Waals surface area contributed by atoms with Crippen molar-refractivity contribution in [2.24, 2.45) is 0 Å². The third-order valence-corrected chi connectivity index (χ3v) is 7.38. The molecule has 1 atom stereocenters. The van der Waals surface area contributed by atoms with E-state index in [1.165, 1.54) is 0 Å². The fourth-order valence-corrected chi connectivity index (χ4v) is 5.18. The highest BCUT2D eigenvalue weighted by Crippen LogP contribution is 2.35. The number of hydrogen-bond acceptors (Lipinski definition) is 4. The Kier molecular flexibility index (Phi) is 6.49. The third-order valence-electron chi connectivity index (χ3n) is 5.84.